The number of anilines is 2. The second kappa shape index (κ2) is 6.88. The second-order valence-corrected chi connectivity index (χ2v) is 5.93. The third-order valence-electron chi connectivity index (χ3n) is 3.47. The molecule has 4 heteroatoms. The number of rotatable bonds is 5. The Morgan fingerprint density at radius 2 is 1.94 bits per heavy atom. The summed E-state index contributed by atoms with van der Waals surface area (Å²) in [4.78, 5) is 4.57. The highest BCUT2D eigenvalue weighted by atomic mass is 32.2. The van der Waals surface area contributed by atoms with Gasteiger partial charge in [0.1, 0.15) is 11.6 Å². The Morgan fingerprint density at radius 1 is 1.22 bits per heavy atom. The lowest BCUT2D eigenvalue weighted by atomic mass is 9.95. The van der Waals surface area contributed by atoms with Crippen molar-refractivity contribution in [2.75, 3.05) is 23.4 Å². The van der Waals surface area contributed by atoms with E-state index in [0.717, 1.165) is 23.4 Å². The van der Waals surface area contributed by atoms with Gasteiger partial charge in [-0.05, 0) is 51.0 Å². The van der Waals surface area contributed by atoms with Crippen LogP contribution in [-0.2, 0) is 0 Å². The molecule has 2 N–H and O–H groups in total. The van der Waals surface area contributed by atoms with Crippen LogP contribution in [0.4, 0.5) is 11.6 Å². The first-order valence-electron chi connectivity index (χ1n) is 6.82. The van der Waals surface area contributed by atoms with Gasteiger partial charge in [0, 0.05) is 17.8 Å². The van der Waals surface area contributed by atoms with E-state index >= 15 is 0 Å². The molecule has 0 spiro atoms. The van der Waals surface area contributed by atoms with E-state index in [1.807, 2.05) is 17.8 Å². The Labute approximate surface area is 114 Å². The topological polar surface area (TPSA) is 37.0 Å². The molecule has 100 valence electrons. The third-order valence-corrected chi connectivity index (χ3v) is 4.60. The Balaban J connectivity index is 1.87. The molecule has 1 heterocycles. The fourth-order valence-electron chi connectivity index (χ4n) is 2.45. The van der Waals surface area contributed by atoms with Gasteiger partial charge in [-0.15, -0.1) is 0 Å². The summed E-state index contributed by atoms with van der Waals surface area (Å²) in [5.41, 5.74) is 0. The summed E-state index contributed by atoms with van der Waals surface area (Å²) in [6.45, 7) is 3.00. The van der Waals surface area contributed by atoms with Crippen molar-refractivity contribution < 1.29 is 0 Å². The lowest BCUT2D eigenvalue weighted by Crippen LogP contribution is -2.27. The van der Waals surface area contributed by atoms with Crippen molar-refractivity contribution in [1.82, 2.24) is 4.98 Å². The molecule has 0 bridgehead atoms. The van der Waals surface area contributed by atoms with Gasteiger partial charge >= 0.3 is 0 Å². The summed E-state index contributed by atoms with van der Waals surface area (Å²) >= 11 is 2.01. The molecule has 1 aliphatic rings. The number of nitrogens with zero attached hydrogens (tertiary/aromatic N) is 1. The van der Waals surface area contributed by atoms with Crippen LogP contribution in [0.5, 0.6) is 0 Å². The molecule has 2 rings (SSSR count). The summed E-state index contributed by atoms with van der Waals surface area (Å²) in [6.07, 6.45) is 7.40. The molecule has 1 saturated carbocycles. The maximum Gasteiger partial charge on any atom is 0.128 e. The molecular weight excluding hydrogens is 242 g/mol. The van der Waals surface area contributed by atoms with Gasteiger partial charge in [-0.3, -0.25) is 0 Å². The molecule has 0 saturated heterocycles. The van der Waals surface area contributed by atoms with Gasteiger partial charge in [-0.2, -0.15) is 11.8 Å². The van der Waals surface area contributed by atoms with E-state index in [1.54, 1.807) is 0 Å². The van der Waals surface area contributed by atoms with Gasteiger partial charge in [0.05, 0.1) is 0 Å². The van der Waals surface area contributed by atoms with E-state index in [9.17, 15) is 0 Å². The number of hydrogen-bond donors (Lipinski definition) is 2. The lowest BCUT2D eigenvalue weighted by molar-refractivity contribution is 0.472. The predicted molar refractivity (Wildman–Crippen MR) is 81.6 cm³/mol. The van der Waals surface area contributed by atoms with Gasteiger partial charge < -0.3 is 10.6 Å². The normalized spacial score (nSPS) is 23.7. The molecule has 0 aromatic carbocycles. The zero-order valence-corrected chi connectivity index (χ0v) is 12.1. The average molecular weight is 265 g/mol. The van der Waals surface area contributed by atoms with E-state index in [2.05, 4.69) is 40.9 Å². The van der Waals surface area contributed by atoms with Crippen molar-refractivity contribution in [1.29, 1.82) is 0 Å². The molecule has 0 radical (unpaired) electrons. The number of hydrogen-bond acceptors (Lipinski definition) is 4. The lowest BCUT2D eigenvalue weighted by Gasteiger charge is -2.28. The van der Waals surface area contributed by atoms with E-state index in [1.165, 1.54) is 25.7 Å². The van der Waals surface area contributed by atoms with Crippen LogP contribution in [0.1, 0.15) is 32.6 Å². The van der Waals surface area contributed by atoms with E-state index in [0.29, 0.717) is 6.04 Å². The molecule has 3 nitrogen and oxygen atoms in total. The van der Waals surface area contributed by atoms with Crippen molar-refractivity contribution in [3.8, 4) is 0 Å². The maximum absolute atomic E-state index is 4.57. The molecule has 1 aromatic rings. The van der Waals surface area contributed by atoms with Crippen LogP contribution in [0.25, 0.3) is 0 Å². The summed E-state index contributed by atoms with van der Waals surface area (Å²) in [7, 11) is 0. The first-order valence-corrected chi connectivity index (χ1v) is 8.11. The number of pyridine rings is 1. The highest BCUT2D eigenvalue weighted by Gasteiger charge is 2.20. The monoisotopic (exact) mass is 265 g/mol. The molecule has 18 heavy (non-hydrogen) atoms. The van der Waals surface area contributed by atoms with Crippen LogP contribution in [-0.4, -0.2) is 29.1 Å². The number of thioether (sulfide) groups is 1. The Bertz CT molecular complexity index is 362. The number of nitrogens with one attached hydrogen (secondary N) is 2. The quantitative estimate of drug-likeness (QED) is 0.853. The molecule has 1 aromatic heterocycles. The third kappa shape index (κ3) is 3.80. The van der Waals surface area contributed by atoms with Gasteiger partial charge in [0.25, 0.3) is 0 Å². The van der Waals surface area contributed by atoms with Crippen LogP contribution in [0.15, 0.2) is 18.2 Å². The van der Waals surface area contributed by atoms with E-state index in [-0.39, 0.29) is 0 Å². The fourth-order valence-corrected chi connectivity index (χ4v) is 3.19. The SMILES string of the molecule is CCNc1cccc(NC2CCC(SC)CC2)n1. The standard InChI is InChI=1S/C14H23N3S/c1-3-15-13-5-4-6-14(17-13)16-11-7-9-12(18-2)10-8-11/h4-6,11-12H,3,7-10H2,1-2H3,(H2,15,16,17). The van der Waals surface area contributed by atoms with Gasteiger partial charge in [0.2, 0.25) is 0 Å². The molecular formula is C14H23N3S. The van der Waals surface area contributed by atoms with Crippen molar-refractivity contribution in [2.45, 2.75) is 43.9 Å². The smallest absolute Gasteiger partial charge is 0.128 e. The van der Waals surface area contributed by atoms with Crippen molar-refractivity contribution >= 4 is 23.4 Å². The molecule has 1 fully saturated rings. The van der Waals surface area contributed by atoms with E-state index in [4.69, 9.17) is 0 Å². The van der Waals surface area contributed by atoms with Crippen LogP contribution in [0, 0.1) is 0 Å². The van der Waals surface area contributed by atoms with Crippen LogP contribution in [0.2, 0.25) is 0 Å². The minimum absolute atomic E-state index is 0.595. The molecule has 1 aliphatic carbocycles. The highest BCUT2D eigenvalue weighted by molar-refractivity contribution is 7.99. The second-order valence-electron chi connectivity index (χ2n) is 4.79. The first kappa shape index (κ1) is 13.5. The van der Waals surface area contributed by atoms with Crippen LogP contribution >= 0.6 is 11.8 Å². The molecule has 0 aliphatic heterocycles. The predicted octanol–water partition coefficient (Wildman–Crippen LogP) is 3.60. The Morgan fingerprint density at radius 3 is 2.61 bits per heavy atom. The minimum Gasteiger partial charge on any atom is -0.370 e. The number of aromatic nitrogens is 1. The molecule has 0 atom stereocenters. The van der Waals surface area contributed by atoms with E-state index < -0.39 is 0 Å². The van der Waals surface area contributed by atoms with Gasteiger partial charge in [-0.1, -0.05) is 6.07 Å². The fraction of sp³-hybridized carbons (Fsp3) is 0.643. The zero-order valence-electron chi connectivity index (χ0n) is 11.3. The molecule has 0 unspecified atom stereocenters. The summed E-state index contributed by atoms with van der Waals surface area (Å²) in [5.74, 6) is 1.96. The average Bonchev–Trinajstić information content (AvgIpc) is 2.40. The summed E-state index contributed by atoms with van der Waals surface area (Å²) in [5, 5.41) is 7.68. The zero-order chi connectivity index (χ0) is 12.8. The van der Waals surface area contributed by atoms with Crippen LogP contribution in [0.3, 0.4) is 0 Å². The van der Waals surface area contributed by atoms with Gasteiger partial charge in [-0.25, -0.2) is 4.98 Å². The van der Waals surface area contributed by atoms with Gasteiger partial charge in [0.15, 0.2) is 0 Å². The van der Waals surface area contributed by atoms with Crippen LogP contribution < -0.4 is 10.6 Å². The van der Waals surface area contributed by atoms with Crippen molar-refractivity contribution in [3.63, 3.8) is 0 Å². The summed E-state index contributed by atoms with van der Waals surface area (Å²) in [6, 6.07) is 6.72. The molecule has 0 amide bonds. The first-order chi connectivity index (χ1) is 8.81. The Hall–Kier alpha value is -0.900. The van der Waals surface area contributed by atoms with Crippen molar-refractivity contribution in [3.05, 3.63) is 18.2 Å². The highest BCUT2D eigenvalue weighted by Crippen LogP contribution is 2.28. The Kier molecular flexibility index (Phi) is 5.17. The summed E-state index contributed by atoms with van der Waals surface area (Å²) < 4.78 is 0. The maximum atomic E-state index is 4.57. The van der Waals surface area contributed by atoms with Crippen molar-refractivity contribution in [2.24, 2.45) is 0 Å². The minimum atomic E-state index is 0.595. The largest absolute Gasteiger partial charge is 0.370 e.